The zero-order valence-corrected chi connectivity index (χ0v) is 33.9. The molecule has 10 nitrogen and oxygen atoms in total. The van der Waals surface area contributed by atoms with E-state index >= 15 is 0 Å². The molecule has 0 radical (unpaired) electrons. The number of hydrogen-bond donors (Lipinski definition) is 0. The third-order valence-electron chi connectivity index (χ3n) is 11.4. The van der Waals surface area contributed by atoms with Crippen LogP contribution < -0.4 is 0 Å². The molecule has 0 aliphatic heterocycles. The molecule has 0 saturated heterocycles. The minimum Gasteiger partial charge on any atom is -0.236 e. The van der Waals surface area contributed by atoms with Gasteiger partial charge < -0.3 is 0 Å². The summed E-state index contributed by atoms with van der Waals surface area (Å²) in [6.07, 6.45) is 7.10. The first-order valence-electron chi connectivity index (χ1n) is 20.8. The summed E-state index contributed by atoms with van der Waals surface area (Å²) in [5.74, 6) is 4.43. The van der Waals surface area contributed by atoms with Crippen LogP contribution in [-0.2, 0) is 0 Å². The van der Waals surface area contributed by atoms with Crippen LogP contribution >= 0.6 is 0 Å². The first kappa shape index (κ1) is 36.8. The average molecular weight is 821 g/mol. The van der Waals surface area contributed by atoms with Crippen LogP contribution in [0.15, 0.2) is 195 Å². The second kappa shape index (κ2) is 15.5. The Balaban J connectivity index is 1.01. The quantitative estimate of drug-likeness (QED) is 0.137. The molecule has 0 aliphatic carbocycles. The Morgan fingerprint density at radius 1 is 0.219 bits per heavy atom. The third kappa shape index (κ3) is 6.63. The summed E-state index contributed by atoms with van der Waals surface area (Å²) < 4.78 is 0. The van der Waals surface area contributed by atoms with Crippen molar-refractivity contribution in [2.24, 2.45) is 0 Å². The molecule has 12 rings (SSSR count). The van der Waals surface area contributed by atoms with Gasteiger partial charge in [-0.1, -0.05) is 158 Å². The Kier molecular flexibility index (Phi) is 8.89. The molecule has 0 unspecified atom stereocenters. The molecule has 0 N–H and O–H groups in total. The number of rotatable bonds is 8. The second-order valence-electron chi connectivity index (χ2n) is 15.3. The van der Waals surface area contributed by atoms with Gasteiger partial charge in [0.15, 0.2) is 46.6 Å². The van der Waals surface area contributed by atoms with Gasteiger partial charge in [0, 0.05) is 58.2 Å². The van der Waals surface area contributed by atoms with Gasteiger partial charge in [-0.25, -0.2) is 49.8 Å². The zero-order valence-electron chi connectivity index (χ0n) is 33.9. The summed E-state index contributed by atoms with van der Waals surface area (Å²) >= 11 is 0. The van der Waals surface area contributed by atoms with Crippen LogP contribution in [0.3, 0.4) is 0 Å². The Labute approximate surface area is 366 Å². The van der Waals surface area contributed by atoms with E-state index in [2.05, 4.69) is 48.5 Å². The highest BCUT2D eigenvalue weighted by Crippen LogP contribution is 2.42. The number of hydrogen-bond acceptors (Lipinski definition) is 10. The minimum absolute atomic E-state index is 0.483. The summed E-state index contributed by atoms with van der Waals surface area (Å²) in [7, 11) is 0. The first-order valence-corrected chi connectivity index (χ1v) is 20.8. The van der Waals surface area contributed by atoms with Gasteiger partial charge in [0.25, 0.3) is 0 Å². The highest BCUT2D eigenvalue weighted by molar-refractivity contribution is 6.27. The lowest BCUT2D eigenvalue weighted by Gasteiger charge is -2.16. The minimum atomic E-state index is 0.483. The monoisotopic (exact) mass is 820 g/mol. The molecule has 0 bridgehead atoms. The molecule has 0 atom stereocenters. The number of aromatic nitrogens is 10. The molecule has 8 aromatic carbocycles. The van der Waals surface area contributed by atoms with Crippen molar-refractivity contribution in [3.05, 3.63) is 195 Å². The lowest BCUT2D eigenvalue weighted by Crippen LogP contribution is -2.02. The van der Waals surface area contributed by atoms with Crippen molar-refractivity contribution >= 4 is 32.3 Å². The molecule has 298 valence electrons. The summed E-state index contributed by atoms with van der Waals surface area (Å²) in [6, 6.07) is 56.9. The average Bonchev–Trinajstić information content (AvgIpc) is 3.38. The van der Waals surface area contributed by atoms with E-state index in [1.165, 1.54) is 0 Å². The van der Waals surface area contributed by atoms with Crippen molar-refractivity contribution in [3.63, 3.8) is 0 Å². The maximum absolute atomic E-state index is 5.11. The van der Waals surface area contributed by atoms with Crippen LogP contribution in [0.25, 0.3) is 123 Å². The molecule has 0 saturated carbocycles. The van der Waals surface area contributed by atoms with Crippen molar-refractivity contribution < 1.29 is 0 Å². The van der Waals surface area contributed by atoms with Crippen LogP contribution in [0, 0.1) is 0 Å². The van der Waals surface area contributed by atoms with Crippen molar-refractivity contribution in [3.8, 4) is 91.1 Å². The molecule has 0 amide bonds. The SMILES string of the molecule is c1ccc(-c2ncc(-c3nc(-c4ccccc4)nc(-c4ccc5ccc6c(-c7nc(-c8ccccc8)nc(-c8cnc(-c9ccccc9)nc8)n7)ccc7ccc4c5c76)n3)cn2)cc1. The van der Waals surface area contributed by atoms with E-state index < -0.39 is 0 Å². The van der Waals surface area contributed by atoms with Gasteiger partial charge in [-0.2, -0.15) is 0 Å². The highest BCUT2D eigenvalue weighted by atomic mass is 15.1. The van der Waals surface area contributed by atoms with E-state index in [1.807, 2.05) is 121 Å². The van der Waals surface area contributed by atoms with Crippen molar-refractivity contribution in [1.29, 1.82) is 0 Å². The molecule has 0 fully saturated rings. The van der Waals surface area contributed by atoms with Gasteiger partial charge in [-0.3, -0.25) is 0 Å². The molecule has 12 aromatic rings. The summed E-state index contributed by atoms with van der Waals surface area (Å²) in [6.45, 7) is 0. The van der Waals surface area contributed by atoms with Crippen LogP contribution in [0.5, 0.6) is 0 Å². The Morgan fingerprint density at radius 3 is 0.844 bits per heavy atom. The predicted octanol–water partition coefficient (Wildman–Crippen LogP) is 11.9. The maximum atomic E-state index is 5.11. The fraction of sp³-hybridized carbons (Fsp3) is 0. The van der Waals surface area contributed by atoms with E-state index in [0.717, 1.165) is 65.7 Å². The van der Waals surface area contributed by atoms with Crippen LogP contribution in [-0.4, -0.2) is 49.8 Å². The molecule has 0 spiro atoms. The molecular weight excluding hydrogens is 789 g/mol. The number of nitrogens with zero attached hydrogens (tertiary/aromatic N) is 10. The van der Waals surface area contributed by atoms with E-state index in [4.69, 9.17) is 49.8 Å². The third-order valence-corrected chi connectivity index (χ3v) is 11.4. The Bertz CT molecular complexity index is 3380. The molecule has 64 heavy (non-hydrogen) atoms. The van der Waals surface area contributed by atoms with Gasteiger partial charge in [0.2, 0.25) is 0 Å². The van der Waals surface area contributed by atoms with Crippen molar-refractivity contribution in [2.45, 2.75) is 0 Å². The smallest absolute Gasteiger partial charge is 0.167 e. The predicted molar refractivity (Wildman–Crippen MR) is 252 cm³/mol. The normalized spacial score (nSPS) is 11.4. The van der Waals surface area contributed by atoms with Crippen LogP contribution in [0.1, 0.15) is 0 Å². The summed E-state index contributed by atoms with van der Waals surface area (Å²) in [5.41, 5.74) is 6.75. The first-order chi connectivity index (χ1) is 31.7. The maximum Gasteiger partial charge on any atom is 0.167 e. The lowest BCUT2D eigenvalue weighted by atomic mass is 9.89. The Morgan fingerprint density at radius 2 is 0.500 bits per heavy atom. The largest absolute Gasteiger partial charge is 0.236 e. The van der Waals surface area contributed by atoms with E-state index in [-0.39, 0.29) is 0 Å². The van der Waals surface area contributed by atoms with E-state index in [0.29, 0.717) is 57.7 Å². The number of benzene rings is 8. The fourth-order valence-electron chi connectivity index (χ4n) is 8.23. The van der Waals surface area contributed by atoms with Gasteiger partial charge in [0.1, 0.15) is 0 Å². The zero-order chi connectivity index (χ0) is 42.4. The van der Waals surface area contributed by atoms with E-state index in [1.54, 1.807) is 24.8 Å². The second-order valence-corrected chi connectivity index (χ2v) is 15.3. The van der Waals surface area contributed by atoms with Gasteiger partial charge >= 0.3 is 0 Å². The molecule has 10 heteroatoms. The van der Waals surface area contributed by atoms with Gasteiger partial charge in [-0.15, -0.1) is 0 Å². The van der Waals surface area contributed by atoms with Gasteiger partial charge in [0.05, 0.1) is 11.1 Å². The Hall–Kier alpha value is -9.02. The summed E-state index contributed by atoms with van der Waals surface area (Å²) in [5, 5.41) is 6.39. The lowest BCUT2D eigenvalue weighted by molar-refractivity contribution is 1.06. The van der Waals surface area contributed by atoms with Crippen LogP contribution in [0.4, 0.5) is 0 Å². The summed E-state index contributed by atoms with van der Waals surface area (Å²) in [4.78, 5) is 49.1. The van der Waals surface area contributed by atoms with Gasteiger partial charge in [-0.05, 0) is 44.5 Å². The van der Waals surface area contributed by atoms with Crippen LogP contribution in [0.2, 0.25) is 0 Å². The molecular formula is C54H32N10. The highest BCUT2D eigenvalue weighted by Gasteiger charge is 2.21. The van der Waals surface area contributed by atoms with Crippen molar-refractivity contribution in [2.75, 3.05) is 0 Å². The molecule has 4 heterocycles. The van der Waals surface area contributed by atoms with Crippen molar-refractivity contribution in [1.82, 2.24) is 49.8 Å². The molecule has 0 aliphatic rings. The van der Waals surface area contributed by atoms with E-state index in [9.17, 15) is 0 Å². The topological polar surface area (TPSA) is 129 Å². The molecule has 4 aromatic heterocycles. The standard InChI is InChI=1S/C54H32N10/c1-5-13-35(14-6-1)47-55-29-39(30-56-47)51-59-49(37-17-9-3-10-18-37)61-53(63-51)43-27-23-33-22-26-42-44(28-24-34-21-25-41(43)45(33)46(34)42)54-62-50(38-19-11-4-12-20-38)60-52(64-54)40-31-57-48(58-32-40)36-15-7-2-8-16-36/h1-32H. The fourth-order valence-corrected chi connectivity index (χ4v) is 8.23.